The zero-order chi connectivity index (χ0) is 15.6. The van der Waals surface area contributed by atoms with Crippen LogP contribution in [-0.4, -0.2) is 40.3 Å². The van der Waals surface area contributed by atoms with Gasteiger partial charge in [0.05, 0.1) is 11.6 Å². The molecule has 1 aromatic heterocycles. The van der Waals surface area contributed by atoms with E-state index in [1.165, 1.54) is 0 Å². The lowest BCUT2D eigenvalue weighted by molar-refractivity contribution is -0.143. The molecule has 116 valence electrons. The zero-order valence-corrected chi connectivity index (χ0v) is 12.5. The van der Waals surface area contributed by atoms with Gasteiger partial charge in [-0.1, -0.05) is 12.1 Å². The molecule has 1 aliphatic rings. The number of carboxylic acid groups (broad SMARTS) is 1. The second-order valence-corrected chi connectivity index (χ2v) is 5.74. The number of carboxylic acids is 1. The van der Waals surface area contributed by atoms with E-state index >= 15 is 0 Å². The van der Waals surface area contributed by atoms with Crippen molar-refractivity contribution in [3.8, 4) is 0 Å². The Morgan fingerprint density at radius 2 is 2.14 bits per heavy atom. The van der Waals surface area contributed by atoms with Crippen LogP contribution in [0.5, 0.6) is 0 Å². The molecule has 2 atom stereocenters. The first-order valence-corrected chi connectivity index (χ1v) is 7.05. The van der Waals surface area contributed by atoms with Crippen LogP contribution in [0.4, 0.5) is 4.79 Å². The van der Waals surface area contributed by atoms with Crippen molar-refractivity contribution < 1.29 is 19.2 Å². The number of likely N-dealkylation sites (tertiary alicyclic amines) is 1. The highest BCUT2D eigenvalue weighted by atomic mass is 16.5. The van der Waals surface area contributed by atoms with Crippen LogP contribution in [-0.2, 0) is 11.3 Å². The molecule has 0 aromatic carbocycles. The third kappa shape index (κ3) is 3.53. The molecule has 2 rings (SSSR count). The maximum atomic E-state index is 12.2. The average Bonchev–Trinajstić information content (AvgIpc) is 2.74. The number of amides is 2. The molecule has 2 heterocycles. The fraction of sp³-hybridized carbons (Fsp3) is 0.643. The Balaban J connectivity index is 1.95. The molecular weight excluding hydrogens is 274 g/mol. The molecule has 0 bridgehead atoms. The summed E-state index contributed by atoms with van der Waals surface area (Å²) in [6.45, 7) is 6.75. The van der Waals surface area contributed by atoms with Gasteiger partial charge in [0, 0.05) is 25.2 Å². The molecule has 2 N–H and O–H groups in total. The number of aromatic nitrogens is 1. The Bertz CT molecular complexity index is 521. The number of carbonyl (C=O) groups is 2. The third-order valence-electron chi connectivity index (χ3n) is 3.89. The van der Waals surface area contributed by atoms with Crippen LogP contribution in [0.3, 0.4) is 0 Å². The Morgan fingerprint density at radius 1 is 1.43 bits per heavy atom. The molecule has 1 saturated heterocycles. The number of hydrogen-bond acceptors (Lipinski definition) is 4. The summed E-state index contributed by atoms with van der Waals surface area (Å²) in [6, 6.07) is -0.243. The van der Waals surface area contributed by atoms with E-state index in [1.54, 1.807) is 11.8 Å². The largest absolute Gasteiger partial charge is 0.481 e. The second-order valence-electron chi connectivity index (χ2n) is 5.74. The van der Waals surface area contributed by atoms with E-state index in [1.807, 2.05) is 13.8 Å². The topological polar surface area (TPSA) is 95.7 Å². The predicted octanol–water partition coefficient (Wildman–Crippen LogP) is 1.54. The van der Waals surface area contributed by atoms with Crippen LogP contribution in [0, 0.1) is 25.7 Å². The molecule has 2 amide bonds. The molecule has 0 spiro atoms. The van der Waals surface area contributed by atoms with Crippen molar-refractivity contribution in [3.05, 3.63) is 17.0 Å². The number of urea groups is 1. The van der Waals surface area contributed by atoms with Crippen molar-refractivity contribution in [2.45, 2.75) is 33.7 Å². The van der Waals surface area contributed by atoms with Crippen LogP contribution in [0.2, 0.25) is 0 Å². The lowest BCUT2D eigenvalue weighted by Crippen LogP contribution is -2.49. The Hall–Kier alpha value is -2.05. The van der Waals surface area contributed by atoms with Gasteiger partial charge < -0.3 is 19.8 Å². The minimum absolute atomic E-state index is 0.185. The Morgan fingerprint density at radius 3 is 2.71 bits per heavy atom. The first kappa shape index (κ1) is 15.3. The molecule has 7 heteroatoms. The normalized spacial score (nSPS) is 22.1. The van der Waals surface area contributed by atoms with Gasteiger partial charge in [-0.3, -0.25) is 4.79 Å². The maximum Gasteiger partial charge on any atom is 0.317 e. The summed E-state index contributed by atoms with van der Waals surface area (Å²) in [5.41, 5.74) is 1.62. The number of aliphatic carboxylic acids is 1. The smallest absolute Gasteiger partial charge is 0.317 e. The highest BCUT2D eigenvalue weighted by Crippen LogP contribution is 2.22. The van der Waals surface area contributed by atoms with Gasteiger partial charge in [-0.15, -0.1) is 0 Å². The summed E-state index contributed by atoms with van der Waals surface area (Å²) < 4.78 is 5.05. The summed E-state index contributed by atoms with van der Waals surface area (Å²) in [5, 5.41) is 15.8. The molecule has 2 unspecified atom stereocenters. The molecule has 21 heavy (non-hydrogen) atoms. The van der Waals surface area contributed by atoms with Gasteiger partial charge >= 0.3 is 12.0 Å². The van der Waals surface area contributed by atoms with Crippen molar-refractivity contribution in [1.82, 2.24) is 15.4 Å². The van der Waals surface area contributed by atoms with Gasteiger partial charge in [0.2, 0.25) is 0 Å². The average molecular weight is 295 g/mol. The van der Waals surface area contributed by atoms with Crippen LogP contribution in [0.25, 0.3) is 0 Å². The molecule has 0 saturated carbocycles. The van der Waals surface area contributed by atoms with Crippen molar-refractivity contribution in [1.29, 1.82) is 0 Å². The van der Waals surface area contributed by atoms with E-state index in [0.717, 1.165) is 11.3 Å². The monoisotopic (exact) mass is 295 g/mol. The molecule has 1 aromatic rings. The summed E-state index contributed by atoms with van der Waals surface area (Å²) in [6.07, 6.45) is 0.614. The van der Waals surface area contributed by atoms with Gasteiger partial charge in [0.25, 0.3) is 0 Å². The number of piperidine rings is 1. The number of nitrogens with zero attached hydrogens (tertiary/aromatic N) is 2. The molecule has 1 fully saturated rings. The highest BCUT2D eigenvalue weighted by molar-refractivity contribution is 5.76. The lowest BCUT2D eigenvalue weighted by Gasteiger charge is -2.34. The summed E-state index contributed by atoms with van der Waals surface area (Å²) >= 11 is 0. The van der Waals surface area contributed by atoms with Crippen LogP contribution in [0.15, 0.2) is 4.52 Å². The number of carbonyl (C=O) groups excluding carboxylic acids is 1. The van der Waals surface area contributed by atoms with E-state index in [4.69, 9.17) is 9.63 Å². The standard InChI is InChI=1S/C14H21N3O4/c1-8-4-11(13(18)19)7-17(6-8)14(20)15-5-12-9(2)16-21-10(12)3/h8,11H,4-7H2,1-3H3,(H,15,20)(H,18,19). The zero-order valence-electron chi connectivity index (χ0n) is 12.5. The Labute approximate surface area is 123 Å². The highest BCUT2D eigenvalue weighted by Gasteiger charge is 2.31. The van der Waals surface area contributed by atoms with E-state index in [-0.39, 0.29) is 18.5 Å². The van der Waals surface area contributed by atoms with E-state index < -0.39 is 11.9 Å². The first-order valence-electron chi connectivity index (χ1n) is 7.05. The number of hydrogen-bond donors (Lipinski definition) is 2. The third-order valence-corrected chi connectivity index (χ3v) is 3.89. The quantitative estimate of drug-likeness (QED) is 0.882. The molecular formula is C14H21N3O4. The molecule has 0 radical (unpaired) electrons. The van der Waals surface area contributed by atoms with Gasteiger partial charge in [-0.05, 0) is 26.2 Å². The minimum atomic E-state index is -0.843. The van der Waals surface area contributed by atoms with Crippen molar-refractivity contribution in [3.63, 3.8) is 0 Å². The van der Waals surface area contributed by atoms with E-state index in [2.05, 4.69) is 10.5 Å². The summed E-state index contributed by atoms with van der Waals surface area (Å²) in [4.78, 5) is 24.9. The van der Waals surface area contributed by atoms with Gasteiger partial charge in [-0.2, -0.15) is 0 Å². The van der Waals surface area contributed by atoms with Crippen molar-refractivity contribution >= 4 is 12.0 Å². The molecule has 0 aliphatic carbocycles. The minimum Gasteiger partial charge on any atom is -0.481 e. The first-order chi connectivity index (χ1) is 9.88. The van der Waals surface area contributed by atoms with E-state index in [9.17, 15) is 9.59 Å². The number of rotatable bonds is 3. The molecule has 7 nitrogen and oxygen atoms in total. The summed E-state index contributed by atoms with van der Waals surface area (Å²) in [5.74, 6) is -0.462. The Kier molecular flexibility index (Phi) is 4.50. The van der Waals surface area contributed by atoms with Gasteiger partial charge in [-0.25, -0.2) is 4.79 Å². The second kappa shape index (κ2) is 6.15. The fourth-order valence-corrected chi connectivity index (χ4v) is 2.73. The van der Waals surface area contributed by atoms with Gasteiger partial charge in [0.15, 0.2) is 0 Å². The maximum absolute atomic E-state index is 12.2. The summed E-state index contributed by atoms with van der Waals surface area (Å²) in [7, 11) is 0. The molecule has 1 aliphatic heterocycles. The van der Waals surface area contributed by atoms with E-state index in [0.29, 0.717) is 25.3 Å². The van der Waals surface area contributed by atoms with Crippen molar-refractivity contribution in [2.24, 2.45) is 11.8 Å². The van der Waals surface area contributed by atoms with Gasteiger partial charge in [0.1, 0.15) is 5.76 Å². The lowest BCUT2D eigenvalue weighted by atomic mass is 9.91. The number of aryl methyl sites for hydroxylation is 2. The van der Waals surface area contributed by atoms with Crippen LogP contribution < -0.4 is 5.32 Å². The number of nitrogens with one attached hydrogen (secondary N) is 1. The SMILES string of the molecule is Cc1noc(C)c1CNC(=O)N1CC(C)CC(C(=O)O)C1. The van der Waals surface area contributed by atoms with Crippen LogP contribution >= 0.6 is 0 Å². The predicted molar refractivity (Wildman–Crippen MR) is 74.7 cm³/mol. The fourth-order valence-electron chi connectivity index (χ4n) is 2.73. The van der Waals surface area contributed by atoms with Crippen molar-refractivity contribution in [2.75, 3.05) is 13.1 Å². The van der Waals surface area contributed by atoms with Crippen LogP contribution in [0.1, 0.15) is 30.4 Å².